The van der Waals surface area contributed by atoms with Crippen LogP contribution in [0.2, 0.25) is 10.0 Å². The first-order chi connectivity index (χ1) is 14.9. The van der Waals surface area contributed by atoms with Gasteiger partial charge in [0, 0.05) is 11.6 Å². The van der Waals surface area contributed by atoms with E-state index in [-0.39, 0.29) is 23.1 Å². The number of hydrogen-bond acceptors (Lipinski definition) is 5. The second kappa shape index (κ2) is 9.18. The van der Waals surface area contributed by atoms with Gasteiger partial charge in [-0.1, -0.05) is 35.3 Å². The number of benzene rings is 2. The lowest BCUT2D eigenvalue weighted by molar-refractivity contribution is -0.123. The first kappa shape index (κ1) is 21.5. The Morgan fingerprint density at radius 2 is 1.87 bits per heavy atom. The van der Waals surface area contributed by atoms with E-state index in [9.17, 15) is 14.0 Å². The zero-order valence-corrected chi connectivity index (χ0v) is 18.1. The SMILES string of the molecule is O=C1S/C(=C\c2ccc(-c3ccc(F)c(Cl)c3)o2)C(=O)N1CCOc1ccccc1Cl. The maximum atomic E-state index is 13.3. The number of hydrogen-bond donors (Lipinski definition) is 0. The summed E-state index contributed by atoms with van der Waals surface area (Å²) in [5.41, 5.74) is 0.593. The van der Waals surface area contributed by atoms with Crippen molar-refractivity contribution in [2.75, 3.05) is 13.2 Å². The topological polar surface area (TPSA) is 59.8 Å². The van der Waals surface area contributed by atoms with Crippen LogP contribution in [-0.4, -0.2) is 29.2 Å². The molecule has 1 saturated heterocycles. The third kappa shape index (κ3) is 4.79. The average Bonchev–Trinajstić information content (AvgIpc) is 3.31. The van der Waals surface area contributed by atoms with E-state index in [0.29, 0.717) is 27.9 Å². The summed E-state index contributed by atoms with van der Waals surface area (Å²) >= 11 is 12.7. The van der Waals surface area contributed by atoms with Crippen LogP contribution in [0.5, 0.6) is 5.75 Å². The van der Waals surface area contributed by atoms with Crippen LogP contribution in [0.15, 0.2) is 63.9 Å². The first-order valence-corrected chi connectivity index (χ1v) is 10.7. The number of carbonyl (C=O) groups is 2. The van der Waals surface area contributed by atoms with Crippen molar-refractivity contribution in [3.8, 4) is 17.1 Å². The minimum atomic E-state index is -0.524. The van der Waals surface area contributed by atoms with E-state index in [1.807, 2.05) is 0 Å². The van der Waals surface area contributed by atoms with E-state index >= 15 is 0 Å². The molecule has 4 rings (SSSR count). The molecule has 0 bridgehead atoms. The number of imide groups is 1. The number of nitrogens with zero attached hydrogens (tertiary/aromatic N) is 1. The molecular weight excluding hydrogens is 464 g/mol. The van der Waals surface area contributed by atoms with Crippen LogP contribution in [0, 0.1) is 5.82 Å². The number of carbonyl (C=O) groups excluding carboxylic acids is 2. The summed E-state index contributed by atoms with van der Waals surface area (Å²) < 4.78 is 24.6. The highest BCUT2D eigenvalue weighted by Crippen LogP contribution is 2.34. The van der Waals surface area contributed by atoms with Gasteiger partial charge in [-0.05, 0) is 54.2 Å². The molecule has 2 heterocycles. The monoisotopic (exact) mass is 477 g/mol. The summed E-state index contributed by atoms with van der Waals surface area (Å²) in [4.78, 5) is 26.2. The van der Waals surface area contributed by atoms with Crippen LogP contribution in [-0.2, 0) is 4.79 Å². The minimum Gasteiger partial charge on any atom is -0.490 e. The fourth-order valence-corrected chi connectivity index (χ4v) is 4.08. The van der Waals surface area contributed by atoms with Crippen LogP contribution in [0.3, 0.4) is 0 Å². The van der Waals surface area contributed by atoms with Gasteiger partial charge in [0.1, 0.15) is 29.7 Å². The van der Waals surface area contributed by atoms with Crippen LogP contribution in [0.4, 0.5) is 9.18 Å². The highest BCUT2D eigenvalue weighted by atomic mass is 35.5. The summed E-state index contributed by atoms with van der Waals surface area (Å²) in [5, 5.41) is 0.0410. The minimum absolute atomic E-state index is 0.0180. The van der Waals surface area contributed by atoms with Crippen molar-refractivity contribution in [1.82, 2.24) is 4.90 Å². The van der Waals surface area contributed by atoms with Gasteiger partial charge in [0.15, 0.2) is 0 Å². The Kier molecular flexibility index (Phi) is 6.36. The van der Waals surface area contributed by atoms with E-state index in [4.69, 9.17) is 32.4 Å². The van der Waals surface area contributed by atoms with Crippen LogP contribution in [0.1, 0.15) is 5.76 Å². The molecule has 0 atom stereocenters. The lowest BCUT2D eigenvalue weighted by Crippen LogP contribution is -2.32. The molecule has 2 aromatic carbocycles. The Bertz CT molecular complexity index is 1190. The smallest absolute Gasteiger partial charge is 0.293 e. The number of furan rings is 1. The average molecular weight is 478 g/mol. The highest BCUT2D eigenvalue weighted by molar-refractivity contribution is 8.18. The van der Waals surface area contributed by atoms with Gasteiger partial charge in [0.2, 0.25) is 0 Å². The Labute approximate surface area is 191 Å². The van der Waals surface area contributed by atoms with Gasteiger partial charge in [-0.25, -0.2) is 4.39 Å². The molecule has 0 radical (unpaired) electrons. The van der Waals surface area contributed by atoms with Gasteiger partial charge in [0.05, 0.1) is 21.5 Å². The number of para-hydroxylation sites is 1. The molecule has 5 nitrogen and oxygen atoms in total. The summed E-state index contributed by atoms with van der Waals surface area (Å²) in [6, 6.07) is 14.5. The number of rotatable bonds is 6. The third-order valence-electron chi connectivity index (χ3n) is 4.39. The zero-order valence-electron chi connectivity index (χ0n) is 15.8. The quantitative estimate of drug-likeness (QED) is 0.378. The fourth-order valence-electron chi connectivity index (χ4n) is 2.87. The normalized spacial score (nSPS) is 15.2. The summed E-state index contributed by atoms with van der Waals surface area (Å²) in [6.07, 6.45) is 1.49. The number of halogens is 3. The van der Waals surface area contributed by atoms with E-state index in [1.165, 1.54) is 24.3 Å². The van der Waals surface area contributed by atoms with Crippen molar-refractivity contribution in [2.45, 2.75) is 0 Å². The number of ether oxygens (including phenoxy) is 1. The van der Waals surface area contributed by atoms with Crippen molar-refractivity contribution in [2.24, 2.45) is 0 Å². The van der Waals surface area contributed by atoms with Gasteiger partial charge < -0.3 is 9.15 Å². The highest BCUT2D eigenvalue weighted by Gasteiger charge is 2.35. The molecule has 0 spiro atoms. The Morgan fingerprint density at radius 3 is 2.65 bits per heavy atom. The fraction of sp³-hybridized carbons (Fsp3) is 0.0909. The molecule has 9 heteroatoms. The largest absolute Gasteiger partial charge is 0.490 e. The van der Waals surface area contributed by atoms with Crippen molar-refractivity contribution in [3.63, 3.8) is 0 Å². The standard InChI is InChI=1S/C22H14Cl2FNO4S/c23-15-3-1-2-4-19(15)29-10-9-26-21(27)20(31-22(26)28)12-14-6-8-18(30-14)13-5-7-17(25)16(24)11-13/h1-8,11-12H,9-10H2/b20-12-. The first-order valence-electron chi connectivity index (χ1n) is 9.10. The Morgan fingerprint density at radius 1 is 1.06 bits per heavy atom. The van der Waals surface area contributed by atoms with Crippen molar-refractivity contribution in [1.29, 1.82) is 0 Å². The second-order valence-electron chi connectivity index (χ2n) is 6.44. The zero-order chi connectivity index (χ0) is 22.0. The molecule has 31 heavy (non-hydrogen) atoms. The molecule has 1 fully saturated rings. The van der Waals surface area contributed by atoms with E-state index in [2.05, 4.69) is 0 Å². The number of thioether (sulfide) groups is 1. The molecule has 0 unspecified atom stereocenters. The molecule has 2 amide bonds. The molecular formula is C22H14Cl2FNO4S. The Balaban J connectivity index is 1.43. The third-order valence-corrected chi connectivity index (χ3v) is 5.90. The van der Waals surface area contributed by atoms with Gasteiger partial charge in [0.25, 0.3) is 11.1 Å². The van der Waals surface area contributed by atoms with Gasteiger partial charge in [-0.2, -0.15) is 0 Å². The van der Waals surface area contributed by atoms with Crippen molar-refractivity contribution < 1.29 is 23.1 Å². The molecule has 1 aromatic heterocycles. The van der Waals surface area contributed by atoms with Gasteiger partial charge >= 0.3 is 0 Å². The second-order valence-corrected chi connectivity index (χ2v) is 8.25. The lowest BCUT2D eigenvalue weighted by atomic mass is 10.2. The van der Waals surface area contributed by atoms with E-state index < -0.39 is 17.0 Å². The van der Waals surface area contributed by atoms with Crippen LogP contribution >= 0.6 is 35.0 Å². The van der Waals surface area contributed by atoms with Gasteiger partial charge in [-0.15, -0.1) is 0 Å². The van der Waals surface area contributed by atoms with Gasteiger partial charge in [-0.3, -0.25) is 14.5 Å². The maximum Gasteiger partial charge on any atom is 0.293 e. The Hall–Kier alpha value is -2.74. The number of amides is 2. The summed E-state index contributed by atoms with van der Waals surface area (Å²) in [5.74, 6) is 0.370. The molecule has 1 aliphatic heterocycles. The molecule has 0 N–H and O–H groups in total. The summed E-state index contributed by atoms with van der Waals surface area (Å²) in [6.45, 7) is 0.204. The van der Waals surface area contributed by atoms with Crippen molar-refractivity contribution >= 4 is 52.2 Å². The van der Waals surface area contributed by atoms with E-state index in [1.54, 1.807) is 36.4 Å². The molecule has 3 aromatic rings. The summed E-state index contributed by atoms with van der Waals surface area (Å²) in [7, 11) is 0. The maximum absolute atomic E-state index is 13.3. The molecule has 0 aliphatic carbocycles. The molecule has 0 saturated carbocycles. The van der Waals surface area contributed by atoms with E-state index in [0.717, 1.165) is 16.7 Å². The molecule has 1 aliphatic rings. The predicted molar refractivity (Wildman–Crippen MR) is 119 cm³/mol. The predicted octanol–water partition coefficient (Wildman–Crippen LogP) is 6.51. The van der Waals surface area contributed by atoms with Crippen LogP contribution in [0.25, 0.3) is 17.4 Å². The lowest BCUT2D eigenvalue weighted by Gasteiger charge is -2.13. The van der Waals surface area contributed by atoms with Crippen LogP contribution < -0.4 is 4.74 Å². The van der Waals surface area contributed by atoms with Crippen molar-refractivity contribution in [3.05, 3.63) is 81.1 Å². The molecule has 158 valence electrons.